The minimum Gasteiger partial charge on any atom is -0.329 e. The number of pyridine rings is 1. The first-order chi connectivity index (χ1) is 8.56. The van der Waals surface area contributed by atoms with Crippen LogP contribution in [-0.2, 0) is 0 Å². The van der Waals surface area contributed by atoms with E-state index in [0.717, 1.165) is 20.7 Å². The summed E-state index contributed by atoms with van der Waals surface area (Å²) in [6, 6.07) is 5.14. The molecule has 0 bridgehead atoms. The quantitative estimate of drug-likeness (QED) is 0.784. The topological polar surface area (TPSA) is 21.1 Å². The maximum absolute atomic E-state index is 6.23. The molecule has 0 saturated heterocycles. The number of fused-ring (bicyclic) bond motifs is 1. The van der Waals surface area contributed by atoms with E-state index in [1.807, 2.05) is 6.07 Å². The average molecular weight is 329 g/mol. The third kappa shape index (κ3) is 1.96. The van der Waals surface area contributed by atoms with Gasteiger partial charge in [-0.05, 0) is 55.0 Å². The van der Waals surface area contributed by atoms with Crippen LogP contribution in [0.5, 0.6) is 0 Å². The van der Waals surface area contributed by atoms with E-state index in [2.05, 4.69) is 56.7 Å². The minimum atomic E-state index is 0.549. The van der Waals surface area contributed by atoms with E-state index < -0.39 is 0 Å². The van der Waals surface area contributed by atoms with Gasteiger partial charge in [0, 0.05) is 23.7 Å². The van der Waals surface area contributed by atoms with Crippen LogP contribution in [0.3, 0.4) is 0 Å². The van der Waals surface area contributed by atoms with Crippen LogP contribution in [0.15, 0.2) is 22.9 Å². The van der Waals surface area contributed by atoms with Gasteiger partial charge in [0.15, 0.2) is 0 Å². The molecule has 3 nitrogen and oxygen atoms in total. The van der Waals surface area contributed by atoms with E-state index in [1.165, 1.54) is 12.8 Å². The molecular weight excluding hydrogens is 314 g/mol. The van der Waals surface area contributed by atoms with Crippen LogP contribution in [-0.4, -0.2) is 34.6 Å². The van der Waals surface area contributed by atoms with Gasteiger partial charge in [-0.25, -0.2) is 4.98 Å². The Balaban J connectivity index is 1.95. The van der Waals surface area contributed by atoms with E-state index in [9.17, 15) is 0 Å². The molecule has 1 fully saturated rings. The van der Waals surface area contributed by atoms with Crippen LogP contribution < -0.4 is 0 Å². The van der Waals surface area contributed by atoms with E-state index in [4.69, 9.17) is 11.6 Å². The Morgan fingerprint density at radius 1 is 1.44 bits per heavy atom. The summed E-state index contributed by atoms with van der Waals surface area (Å²) < 4.78 is 3.05. The van der Waals surface area contributed by atoms with Gasteiger partial charge in [0.1, 0.15) is 10.3 Å². The molecule has 1 aliphatic rings. The number of nitrogens with zero attached hydrogens (tertiary/aromatic N) is 3. The van der Waals surface area contributed by atoms with E-state index in [1.54, 1.807) is 0 Å². The van der Waals surface area contributed by atoms with Gasteiger partial charge in [-0.15, -0.1) is 0 Å². The van der Waals surface area contributed by atoms with Crippen molar-refractivity contribution in [2.45, 2.75) is 24.9 Å². The van der Waals surface area contributed by atoms with Crippen LogP contribution in [0.4, 0.5) is 0 Å². The first-order valence-electron chi connectivity index (χ1n) is 6.05. The zero-order chi connectivity index (χ0) is 12.9. The molecule has 1 aliphatic carbocycles. The second kappa shape index (κ2) is 4.51. The summed E-state index contributed by atoms with van der Waals surface area (Å²) in [6.07, 6.45) is 4.47. The second-order valence-corrected chi connectivity index (χ2v) is 6.35. The molecule has 5 heteroatoms. The van der Waals surface area contributed by atoms with Crippen LogP contribution in [0.25, 0.3) is 11.0 Å². The van der Waals surface area contributed by atoms with Gasteiger partial charge in [0.05, 0.1) is 5.02 Å². The zero-order valence-electron chi connectivity index (χ0n) is 10.4. The molecule has 0 N–H and O–H groups in total. The molecule has 0 atom stereocenters. The van der Waals surface area contributed by atoms with Crippen molar-refractivity contribution in [2.75, 3.05) is 14.1 Å². The summed E-state index contributed by atoms with van der Waals surface area (Å²) in [4.78, 5) is 6.84. The van der Waals surface area contributed by atoms with Crippen molar-refractivity contribution in [3.8, 4) is 0 Å². The Morgan fingerprint density at radius 2 is 2.17 bits per heavy atom. The summed E-state index contributed by atoms with van der Waals surface area (Å²) in [6.45, 7) is 0. The Labute approximate surface area is 120 Å². The molecule has 0 aromatic carbocycles. The van der Waals surface area contributed by atoms with Gasteiger partial charge in [0.2, 0.25) is 0 Å². The minimum absolute atomic E-state index is 0.549. The van der Waals surface area contributed by atoms with Crippen LogP contribution >= 0.6 is 27.5 Å². The number of hydrogen-bond donors (Lipinski definition) is 0. The smallest absolute Gasteiger partial charge is 0.142 e. The SMILES string of the molecule is CN(C)C1CC(n2ccc3c(Cl)cc(Br)nc32)C1. The Morgan fingerprint density at radius 3 is 2.83 bits per heavy atom. The fourth-order valence-corrected chi connectivity index (χ4v) is 3.34. The largest absolute Gasteiger partial charge is 0.329 e. The molecule has 18 heavy (non-hydrogen) atoms. The summed E-state index contributed by atoms with van der Waals surface area (Å²) in [5, 5.41) is 1.79. The molecule has 0 amide bonds. The average Bonchev–Trinajstić information content (AvgIpc) is 2.59. The molecule has 2 aromatic heterocycles. The lowest BCUT2D eigenvalue weighted by Crippen LogP contribution is -2.41. The summed E-state index contributed by atoms with van der Waals surface area (Å²) in [7, 11) is 4.28. The molecule has 0 radical (unpaired) electrons. The first-order valence-corrected chi connectivity index (χ1v) is 7.22. The lowest BCUT2D eigenvalue weighted by atomic mass is 9.86. The standard InChI is InChI=1S/C13H15BrClN3/c1-17(2)8-5-9(6-8)18-4-3-10-11(15)7-12(14)16-13(10)18/h3-4,7-9H,5-6H2,1-2H3. The highest BCUT2D eigenvalue weighted by molar-refractivity contribution is 9.10. The first kappa shape index (κ1) is 12.5. The lowest BCUT2D eigenvalue weighted by Gasteiger charge is -2.40. The Kier molecular flexibility index (Phi) is 3.12. The molecule has 3 rings (SSSR count). The summed E-state index contributed by atoms with van der Waals surface area (Å²) in [5.74, 6) is 0. The highest BCUT2D eigenvalue weighted by Gasteiger charge is 2.32. The molecule has 0 spiro atoms. The number of rotatable bonds is 2. The fourth-order valence-electron chi connectivity index (χ4n) is 2.56. The van der Waals surface area contributed by atoms with Crippen LogP contribution in [0.1, 0.15) is 18.9 Å². The fraction of sp³-hybridized carbons (Fsp3) is 0.462. The van der Waals surface area contributed by atoms with Gasteiger partial charge in [0.25, 0.3) is 0 Å². The van der Waals surface area contributed by atoms with Gasteiger partial charge < -0.3 is 9.47 Å². The molecule has 2 aromatic rings. The third-order valence-corrected chi connectivity index (χ3v) is 4.53. The molecule has 96 valence electrons. The van der Waals surface area contributed by atoms with Crippen LogP contribution in [0, 0.1) is 0 Å². The summed E-state index contributed by atoms with van der Waals surface area (Å²) >= 11 is 9.64. The molecule has 1 saturated carbocycles. The van der Waals surface area contributed by atoms with E-state index in [-0.39, 0.29) is 0 Å². The lowest BCUT2D eigenvalue weighted by molar-refractivity contribution is 0.131. The van der Waals surface area contributed by atoms with E-state index in [0.29, 0.717) is 12.1 Å². The normalized spacial score (nSPS) is 23.6. The zero-order valence-corrected chi connectivity index (χ0v) is 12.7. The molecular formula is C13H15BrClN3. The van der Waals surface area contributed by atoms with Gasteiger partial charge in [-0.1, -0.05) is 11.6 Å². The number of hydrogen-bond acceptors (Lipinski definition) is 2. The van der Waals surface area contributed by atoms with Crippen LogP contribution in [0.2, 0.25) is 5.02 Å². The second-order valence-electron chi connectivity index (χ2n) is 5.13. The monoisotopic (exact) mass is 327 g/mol. The Hall–Kier alpha value is -0.580. The predicted molar refractivity (Wildman–Crippen MR) is 78.2 cm³/mol. The molecule has 0 aliphatic heterocycles. The number of halogens is 2. The van der Waals surface area contributed by atoms with Crippen molar-refractivity contribution in [3.63, 3.8) is 0 Å². The maximum atomic E-state index is 6.23. The van der Waals surface area contributed by atoms with Crippen molar-refractivity contribution >= 4 is 38.6 Å². The molecule has 2 heterocycles. The van der Waals surface area contributed by atoms with Gasteiger partial charge in [-0.2, -0.15) is 0 Å². The van der Waals surface area contributed by atoms with Gasteiger partial charge >= 0.3 is 0 Å². The Bertz CT molecular complexity index is 587. The van der Waals surface area contributed by atoms with Crippen molar-refractivity contribution in [1.29, 1.82) is 0 Å². The van der Waals surface area contributed by atoms with Gasteiger partial charge in [-0.3, -0.25) is 0 Å². The highest BCUT2D eigenvalue weighted by Crippen LogP contribution is 2.38. The van der Waals surface area contributed by atoms with Crippen molar-refractivity contribution in [1.82, 2.24) is 14.5 Å². The van der Waals surface area contributed by atoms with Crippen molar-refractivity contribution < 1.29 is 0 Å². The van der Waals surface area contributed by atoms with Crippen molar-refractivity contribution in [2.24, 2.45) is 0 Å². The molecule has 0 unspecified atom stereocenters. The predicted octanol–water partition coefficient (Wildman–Crippen LogP) is 3.72. The maximum Gasteiger partial charge on any atom is 0.142 e. The summed E-state index contributed by atoms with van der Waals surface area (Å²) in [5.41, 5.74) is 0.983. The van der Waals surface area contributed by atoms with Crippen molar-refractivity contribution in [3.05, 3.63) is 28.0 Å². The highest BCUT2D eigenvalue weighted by atomic mass is 79.9. The number of aromatic nitrogens is 2. The van der Waals surface area contributed by atoms with E-state index >= 15 is 0 Å². The third-order valence-electron chi connectivity index (χ3n) is 3.82.